The first-order valence-corrected chi connectivity index (χ1v) is 7.23. The Hall–Kier alpha value is -2.13. The van der Waals surface area contributed by atoms with Crippen LogP contribution >= 0.6 is 0 Å². The van der Waals surface area contributed by atoms with E-state index in [-0.39, 0.29) is 5.91 Å². The molecule has 1 atom stereocenters. The monoisotopic (exact) mass is 281 g/mol. The number of hydrogen-bond acceptors (Lipinski definition) is 2. The van der Waals surface area contributed by atoms with Crippen molar-refractivity contribution in [1.29, 1.82) is 0 Å². The number of amides is 1. The molecule has 1 amide bonds. The molecule has 1 N–H and O–H groups in total. The molecule has 0 fully saturated rings. The molecule has 1 aliphatic rings. The third kappa shape index (κ3) is 2.57. The van der Waals surface area contributed by atoms with E-state index < -0.39 is 6.10 Å². The molecule has 3 rings (SSSR count). The molecule has 2 aromatic carbocycles. The van der Waals surface area contributed by atoms with Gasteiger partial charge in [-0.2, -0.15) is 0 Å². The number of para-hydroxylation sites is 1. The standard InChI is InChI=1S/C18H19NO2/c1-12-9-13(2)11-14(10-12)18(21)19-8-7-17(20)15-5-3-4-6-16(15)19/h3-6,9-11,17,20H,7-8H2,1-2H3. The minimum absolute atomic E-state index is 0.00106. The topological polar surface area (TPSA) is 40.5 Å². The summed E-state index contributed by atoms with van der Waals surface area (Å²) in [6.45, 7) is 4.54. The highest BCUT2D eigenvalue weighted by molar-refractivity contribution is 6.07. The summed E-state index contributed by atoms with van der Waals surface area (Å²) in [5, 5.41) is 10.1. The molecule has 0 saturated heterocycles. The van der Waals surface area contributed by atoms with E-state index in [1.807, 2.05) is 50.2 Å². The van der Waals surface area contributed by atoms with Crippen molar-refractivity contribution in [2.45, 2.75) is 26.4 Å². The number of fused-ring (bicyclic) bond motifs is 1. The first kappa shape index (κ1) is 13.8. The molecule has 21 heavy (non-hydrogen) atoms. The lowest BCUT2D eigenvalue weighted by Crippen LogP contribution is -2.36. The van der Waals surface area contributed by atoms with Crippen molar-refractivity contribution < 1.29 is 9.90 Å². The molecule has 0 aromatic heterocycles. The Bertz CT molecular complexity index is 673. The molecule has 1 heterocycles. The van der Waals surface area contributed by atoms with Gasteiger partial charge in [0.15, 0.2) is 0 Å². The summed E-state index contributed by atoms with van der Waals surface area (Å²) in [6, 6.07) is 13.5. The van der Waals surface area contributed by atoms with Crippen molar-refractivity contribution >= 4 is 11.6 Å². The number of carbonyl (C=O) groups is 1. The first-order valence-electron chi connectivity index (χ1n) is 7.23. The van der Waals surface area contributed by atoms with Crippen LogP contribution in [0.3, 0.4) is 0 Å². The van der Waals surface area contributed by atoms with Crippen molar-refractivity contribution in [3.63, 3.8) is 0 Å². The van der Waals surface area contributed by atoms with Crippen LogP contribution in [0.2, 0.25) is 0 Å². The number of carbonyl (C=O) groups excluding carboxylic acids is 1. The zero-order valence-electron chi connectivity index (χ0n) is 12.3. The van der Waals surface area contributed by atoms with Gasteiger partial charge >= 0.3 is 0 Å². The second-order valence-corrected chi connectivity index (χ2v) is 5.70. The second kappa shape index (κ2) is 5.34. The van der Waals surface area contributed by atoms with Crippen LogP contribution in [-0.2, 0) is 0 Å². The van der Waals surface area contributed by atoms with Crippen LogP contribution in [0.25, 0.3) is 0 Å². The SMILES string of the molecule is Cc1cc(C)cc(C(=O)N2CCC(O)c3ccccc32)c1. The predicted molar refractivity (Wildman–Crippen MR) is 83.6 cm³/mol. The highest BCUT2D eigenvalue weighted by atomic mass is 16.3. The van der Waals surface area contributed by atoms with Gasteiger partial charge in [-0.05, 0) is 38.5 Å². The van der Waals surface area contributed by atoms with E-state index in [0.717, 1.165) is 22.4 Å². The summed E-state index contributed by atoms with van der Waals surface area (Å²) in [5.41, 5.74) is 4.54. The molecule has 3 nitrogen and oxygen atoms in total. The summed E-state index contributed by atoms with van der Waals surface area (Å²) in [5.74, 6) is 0.00106. The fourth-order valence-electron chi connectivity index (χ4n) is 3.01. The van der Waals surface area contributed by atoms with Gasteiger partial charge in [0, 0.05) is 23.4 Å². The average Bonchev–Trinajstić information content (AvgIpc) is 2.46. The van der Waals surface area contributed by atoms with E-state index in [4.69, 9.17) is 0 Å². The van der Waals surface area contributed by atoms with Crippen molar-refractivity contribution in [3.8, 4) is 0 Å². The van der Waals surface area contributed by atoms with E-state index >= 15 is 0 Å². The van der Waals surface area contributed by atoms with Gasteiger partial charge in [-0.1, -0.05) is 35.4 Å². The lowest BCUT2D eigenvalue weighted by atomic mass is 9.97. The fourth-order valence-corrected chi connectivity index (χ4v) is 3.01. The van der Waals surface area contributed by atoms with E-state index in [9.17, 15) is 9.90 Å². The van der Waals surface area contributed by atoms with Gasteiger partial charge < -0.3 is 10.0 Å². The summed E-state index contributed by atoms with van der Waals surface area (Å²) < 4.78 is 0. The maximum Gasteiger partial charge on any atom is 0.258 e. The normalized spacial score (nSPS) is 17.5. The highest BCUT2D eigenvalue weighted by Crippen LogP contribution is 2.34. The van der Waals surface area contributed by atoms with Gasteiger partial charge in [0.1, 0.15) is 0 Å². The van der Waals surface area contributed by atoms with Crippen LogP contribution in [0, 0.1) is 13.8 Å². The minimum Gasteiger partial charge on any atom is -0.388 e. The van der Waals surface area contributed by atoms with Gasteiger partial charge in [-0.15, -0.1) is 0 Å². The van der Waals surface area contributed by atoms with Gasteiger partial charge in [0.2, 0.25) is 0 Å². The third-order valence-electron chi connectivity index (χ3n) is 3.93. The van der Waals surface area contributed by atoms with E-state index in [2.05, 4.69) is 6.07 Å². The molecule has 108 valence electrons. The number of anilines is 1. The van der Waals surface area contributed by atoms with Crippen molar-refractivity contribution in [1.82, 2.24) is 0 Å². The number of rotatable bonds is 1. The smallest absolute Gasteiger partial charge is 0.258 e. The van der Waals surface area contributed by atoms with E-state index in [1.165, 1.54) is 0 Å². The summed E-state index contributed by atoms with van der Waals surface area (Å²) in [6.07, 6.45) is 0.0950. The predicted octanol–water partition coefficient (Wildman–Crippen LogP) is 3.39. The Labute approximate surface area is 124 Å². The third-order valence-corrected chi connectivity index (χ3v) is 3.93. The number of benzene rings is 2. The van der Waals surface area contributed by atoms with Crippen LogP contribution < -0.4 is 4.90 Å². The lowest BCUT2D eigenvalue weighted by molar-refractivity contribution is 0.0970. The zero-order chi connectivity index (χ0) is 15.0. The van der Waals surface area contributed by atoms with Crippen molar-refractivity contribution in [2.75, 3.05) is 11.4 Å². The summed E-state index contributed by atoms with van der Waals surface area (Å²) >= 11 is 0. The zero-order valence-corrected chi connectivity index (χ0v) is 12.3. The fraction of sp³-hybridized carbons (Fsp3) is 0.278. The highest BCUT2D eigenvalue weighted by Gasteiger charge is 2.27. The second-order valence-electron chi connectivity index (χ2n) is 5.70. The molecule has 0 aliphatic carbocycles. The molecular formula is C18H19NO2. The summed E-state index contributed by atoms with van der Waals surface area (Å²) in [7, 11) is 0. The van der Waals surface area contributed by atoms with Gasteiger partial charge in [0.25, 0.3) is 5.91 Å². The van der Waals surface area contributed by atoms with Crippen LogP contribution in [0.1, 0.15) is 39.6 Å². The molecule has 3 heteroatoms. The van der Waals surface area contributed by atoms with E-state index in [1.54, 1.807) is 4.90 Å². The van der Waals surface area contributed by atoms with Crippen molar-refractivity contribution in [2.24, 2.45) is 0 Å². The Morgan fingerprint density at radius 3 is 2.52 bits per heavy atom. The largest absolute Gasteiger partial charge is 0.388 e. The quantitative estimate of drug-likeness (QED) is 0.870. The Morgan fingerprint density at radius 1 is 1.14 bits per heavy atom. The Morgan fingerprint density at radius 2 is 1.81 bits per heavy atom. The molecular weight excluding hydrogens is 262 g/mol. The maximum atomic E-state index is 12.8. The van der Waals surface area contributed by atoms with Crippen LogP contribution in [-0.4, -0.2) is 17.6 Å². The maximum absolute atomic E-state index is 12.8. The minimum atomic E-state index is -0.482. The first-order chi connectivity index (χ1) is 10.1. The molecule has 1 unspecified atom stereocenters. The number of nitrogens with zero attached hydrogens (tertiary/aromatic N) is 1. The molecule has 1 aliphatic heterocycles. The van der Waals surface area contributed by atoms with Crippen molar-refractivity contribution in [3.05, 3.63) is 64.7 Å². The number of aliphatic hydroxyl groups excluding tert-OH is 1. The van der Waals surface area contributed by atoms with Gasteiger partial charge in [0.05, 0.1) is 6.10 Å². The van der Waals surface area contributed by atoms with Crippen LogP contribution in [0.4, 0.5) is 5.69 Å². The Balaban J connectivity index is 2.01. The molecule has 0 saturated carbocycles. The number of aryl methyl sites for hydroxylation is 2. The lowest BCUT2D eigenvalue weighted by Gasteiger charge is -2.32. The average molecular weight is 281 g/mol. The van der Waals surface area contributed by atoms with E-state index in [0.29, 0.717) is 18.5 Å². The molecule has 0 spiro atoms. The molecule has 0 radical (unpaired) electrons. The van der Waals surface area contributed by atoms with Crippen LogP contribution in [0.5, 0.6) is 0 Å². The molecule has 2 aromatic rings. The summed E-state index contributed by atoms with van der Waals surface area (Å²) in [4.78, 5) is 14.6. The van der Waals surface area contributed by atoms with Gasteiger partial charge in [-0.25, -0.2) is 0 Å². The Kier molecular flexibility index (Phi) is 3.52. The van der Waals surface area contributed by atoms with Gasteiger partial charge in [-0.3, -0.25) is 4.79 Å². The number of aliphatic hydroxyl groups is 1. The molecule has 0 bridgehead atoms. The van der Waals surface area contributed by atoms with Crippen LogP contribution in [0.15, 0.2) is 42.5 Å². The number of hydrogen-bond donors (Lipinski definition) is 1.